The van der Waals surface area contributed by atoms with Crippen LogP contribution >= 0.6 is 0 Å². The molecule has 1 aromatic carbocycles. The van der Waals surface area contributed by atoms with Gasteiger partial charge in [0.15, 0.2) is 0 Å². The predicted molar refractivity (Wildman–Crippen MR) is 83.9 cm³/mol. The molecule has 114 valence electrons. The number of rotatable bonds is 5. The minimum Gasteiger partial charge on any atom is -0.478 e. The first-order valence-corrected chi connectivity index (χ1v) is 7.43. The number of aromatic nitrogens is 1. The molecule has 1 unspecified atom stereocenters. The molecule has 1 heterocycles. The van der Waals surface area contributed by atoms with Crippen LogP contribution in [0.5, 0.6) is 0 Å². The Kier molecular flexibility index (Phi) is 4.37. The highest BCUT2D eigenvalue weighted by Crippen LogP contribution is 2.33. The van der Waals surface area contributed by atoms with Crippen LogP contribution in [0.25, 0.3) is 10.9 Å². The van der Waals surface area contributed by atoms with Crippen molar-refractivity contribution in [3.63, 3.8) is 0 Å². The molecule has 21 heavy (non-hydrogen) atoms. The van der Waals surface area contributed by atoms with Crippen LogP contribution in [0, 0.1) is 13.8 Å². The minimum absolute atomic E-state index is 0.329. The summed E-state index contributed by atoms with van der Waals surface area (Å²) in [6.45, 7) is 8.52. The Labute approximate surface area is 125 Å². The second kappa shape index (κ2) is 5.90. The summed E-state index contributed by atoms with van der Waals surface area (Å²) >= 11 is 0. The number of aromatic carboxylic acids is 1. The van der Waals surface area contributed by atoms with E-state index in [4.69, 9.17) is 0 Å². The lowest BCUT2D eigenvalue weighted by Gasteiger charge is -2.09. The van der Waals surface area contributed by atoms with Crippen LogP contribution in [-0.2, 0) is 6.54 Å². The summed E-state index contributed by atoms with van der Waals surface area (Å²) in [4.78, 5) is 11.4. The SMILES string of the molecule is CCCCn1c(C)c(C(C)O)c2cc(C)c(C(=O)O)cc21. The third kappa shape index (κ3) is 2.68. The predicted octanol–water partition coefficient (Wildman–Crippen LogP) is 3.81. The van der Waals surface area contributed by atoms with Crippen molar-refractivity contribution in [1.29, 1.82) is 0 Å². The van der Waals surface area contributed by atoms with Crippen LogP contribution in [0.15, 0.2) is 12.1 Å². The summed E-state index contributed by atoms with van der Waals surface area (Å²) in [6.07, 6.45) is 1.53. The molecule has 1 atom stereocenters. The minimum atomic E-state index is -0.908. The van der Waals surface area contributed by atoms with Gasteiger partial charge in [-0.2, -0.15) is 0 Å². The quantitative estimate of drug-likeness (QED) is 0.879. The van der Waals surface area contributed by atoms with E-state index >= 15 is 0 Å². The van der Waals surface area contributed by atoms with Crippen molar-refractivity contribution in [2.24, 2.45) is 0 Å². The summed E-state index contributed by atoms with van der Waals surface area (Å²) in [5.41, 5.74) is 3.89. The molecule has 2 N–H and O–H groups in total. The Hall–Kier alpha value is -1.81. The molecule has 2 aromatic rings. The second-order valence-corrected chi connectivity index (χ2v) is 5.67. The van der Waals surface area contributed by atoms with Gasteiger partial charge in [-0.15, -0.1) is 0 Å². The van der Waals surface area contributed by atoms with Crippen molar-refractivity contribution < 1.29 is 15.0 Å². The molecule has 4 heteroatoms. The average Bonchev–Trinajstić information content (AvgIpc) is 2.66. The number of carboxylic acids is 1. The first-order chi connectivity index (χ1) is 9.88. The van der Waals surface area contributed by atoms with Crippen molar-refractivity contribution in [2.75, 3.05) is 0 Å². The number of unbranched alkanes of at least 4 members (excludes halogenated alkanes) is 1. The van der Waals surface area contributed by atoms with Crippen LogP contribution in [-0.4, -0.2) is 20.7 Å². The maximum absolute atomic E-state index is 11.4. The largest absolute Gasteiger partial charge is 0.478 e. The number of hydrogen-bond acceptors (Lipinski definition) is 2. The van der Waals surface area contributed by atoms with Gasteiger partial charge in [-0.25, -0.2) is 4.79 Å². The fraction of sp³-hybridized carbons (Fsp3) is 0.471. The molecule has 2 rings (SSSR count). The van der Waals surface area contributed by atoms with Crippen LogP contribution < -0.4 is 0 Å². The Morgan fingerprint density at radius 3 is 2.52 bits per heavy atom. The monoisotopic (exact) mass is 289 g/mol. The highest BCUT2D eigenvalue weighted by molar-refractivity contribution is 5.97. The number of hydrogen-bond donors (Lipinski definition) is 2. The highest BCUT2D eigenvalue weighted by atomic mass is 16.4. The number of aliphatic hydroxyl groups excluding tert-OH is 1. The molecule has 0 spiro atoms. The molecule has 0 amide bonds. The van der Waals surface area contributed by atoms with Crippen LogP contribution in [0.2, 0.25) is 0 Å². The molecule has 0 radical (unpaired) electrons. The summed E-state index contributed by atoms with van der Waals surface area (Å²) in [5, 5.41) is 20.4. The highest BCUT2D eigenvalue weighted by Gasteiger charge is 2.20. The fourth-order valence-electron chi connectivity index (χ4n) is 3.02. The van der Waals surface area contributed by atoms with E-state index in [0.29, 0.717) is 5.56 Å². The van der Waals surface area contributed by atoms with Gasteiger partial charge in [0.25, 0.3) is 0 Å². The zero-order valence-electron chi connectivity index (χ0n) is 13.1. The van der Waals surface area contributed by atoms with Crippen molar-refractivity contribution in [3.8, 4) is 0 Å². The summed E-state index contributed by atoms with van der Waals surface area (Å²) in [6, 6.07) is 3.62. The molecule has 0 fully saturated rings. The zero-order chi connectivity index (χ0) is 15.7. The number of fused-ring (bicyclic) bond motifs is 1. The van der Waals surface area contributed by atoms with Crippen LogP contribution in [0.4, 0.5) is 0 Å². The van der Waals surface area contributed by atoms with Gasteiger partial charge in [0.05, 0.1) is 11.7 Å². The van der Waals surface area contributed by atoms with E-state index in [-0.39, 0.29) is 0 Å². The van der Waals surface area contributed by atoms with Gasteiger partial charge in [-0.3, -0.25) is 0 Å². The molecule has 0 aliphatic heterocycles. The standard InChI is InChI=1S/C17H23NO3/c1-5-6-7-18-11(3)16(12(4)19)14-8-10(2)13(17(20)21)9-15(14)18/h8-9,12,19H,5-7H2,1-4H3,(H,20,21). The van der Waals surface area contributed by atoms with Crippen LogP contribution in [0.1, 0.15) is 60.0 Å². The first-order valence-electron chi connectivity index (χ1n) is 7.43. The summed E-state index contributed by atoms with van der Waals surface area (Å²) < 4.78 is 2.13. The summed E-state index contributed by atoms with van der Waals surface area (Å²) in [5.74, 6) is -0.908. The number of benzene rings is 1. The van der Waals surface area contributed by atoms with Crippen molar-refractivity contribution in [2.45, 2.75) is 53.2 Å². The third-order valence-corrected chi connectivity index (χ3v) is 4.10. The lowest BCUT2D eigenvalue weighted by Crippen LogP contribution is -2.03. The zero-order valence-corrected chi connectivity index (χ0v) is 13.1. The molecule has 0 saturated carbocycles. The number of nitrogens with zero attached hydrogens (tertiary/aromatic N) is 1. The first kappa shape index (κ1) is 15.6. The van der Waals surface area contributed by atoms with Crippen molar-refractivity contribution in [1.82, 2.24) is 4.57 Å². The topological polar surface area (TPSA) is 62.5 Å². The maximum Gasteiger partial charge on any atom is 0.336 e. The van der Waals surface area contributed by atoms with Gasteiger partial charge < -0.3 is 14.8 Å². The van der Waals surface area contributed by atoms with E-state index in [0.717, 1.165) is 47.1 Å². The van der Waals surface area contributed by atoms with E-state index in [2.05, 4.69) is 11.5 Å². The van der Waals surface area contributed by atoms with Gasteiger partial charge >= 0.3 is 5.97 Å². The molecule has 0 saturated heterocycles. The lowest BCUT2D eigenvalue weighted by atomic mass is 10.0. The average molecular weight is 289 g/mol. The van der Waals surface area contributed by atoms with Gasteiger partial charge in [0.1, 0.15) is 0 Å². The Morgan fingerprint density at radius 2 is 2.00 bits per heavy atom. The van der Waals surface area contributed by atoms with E-state index < -0.39 is 12.1 Å². The third-order valence-electron chi connectivity index (χ3n) is 4.10. The molecular formula is C17H23NO3. The second-order valence-electron chi connectivity index (χ2n) is 5.67. The molecule has 1 aromatic heterocycles. The molecule has 0 bridgehead atoms. The Bertz CT molecular complexity index is 683. The number of aliphatic hydroxyl groups is 1. The summed E-state index contributed by atoms with van der Waals surface area (Å²) in [7, 11) is 0. The fourth-order valence-corrected chi connectivity index (χ4v) is 3.02. The van der Waals surface area contributed by atoms with E-state index in [1.165, 1.54) is 0 Å². The van der Waals surface area contributed by atoms with E-state index in [1.54, 1.807) is 19.9 Å². The molecule has 0 aliphatic rings. The molecule has 0 aliphatic carbocycles. The van der Waals surface area contributed by atoms with Gasteiger partial charge in [-0.1, -0.05) is 13.3 Å². The number of carboxylic acid groups (broad SMARTS) is 1. The van der Waals surface area contributed by atoms with Crippen molar-refractivity contribution >= 4 is 16.9 Å². The Morgan fingerprint density at radius 1 is 1.33 bits per heavy atom. The van der Waals surface area contributed by atoms with Crippen LogP contribution in [0.3, 0.4) is 0 Å². The van der Waals surface area contributed by atoms with Gasteiger partial charge in [-0.05, 0) is 44.9 Å². The number of carbonyl (C=O) groups is 1. The maximum atomic E-state index is 11.4. The van der Waals surface area contributed by atoms with Crippen molar-refractivity contribution in [3.05, 3.63) is 34.5 Å². The Balaban J connectivity index is 2.78. The number of aryl methyl sites for hydroxylation is 2. The smallest absolute Gasteiger partial charge is 0.336 e. The van der Waals surface area contributed by atoms with Gasteiger partial charge in [0.2, 0.25) is 0 Å². The van der Waals surface area contributed by atoms with Gasteiger partial charge in [0, 0.05) is 28.7 Å². The molecular weight excluding hydrogens is 266 g/mol. The van der Waals surface area contributed by atoms with E-state index in [9.17, 15) is 15.0 Å². The molecule has 4 nitrogen and oxygen atoms in total. The van der Waals surface area contributed by atoms with E-state index in [1.807, 2.05) is 13.0 Å². The normalized spacial score (nSPS) is 12.8. The lowest BCUT2D eigenvalue weighted by molar-refractivity contribution is 0.0696.